The second-order valence-electron chi connectivity index (χ2n) is 5.78. The quantitative estimate of drug-likeness (QED) is 0.730. The molecule has 0 spiro atoms. The lowest BCUT2D eigenvalue weighted by molar-refractivity contribution is -0.255. The fourth-order valence-electron chi connectivity index (χ4n) is 4.69. The highest BCUT2D eigenvalue weighted by Gasteiger charge is 2.63. The third kappa shape index (κ3) is 1.32. The summed E-state index contributed by atoms with van der Waals surface area (Å²) in [6, 6.07) is 0. The topological polar surface area (TPSA) is 18.5 Å². The maximum Gasteiger partial charge on any atom is 0.174 e. The lowest BCUT2D eigenvalue weighted by Crippen LogP contribution is -2.47. The van der Waals surface area contributed by atoms with Crippen LogP contribution in [0, 0.1) is 11.3 Å². The summed E-state index contributed by atoms with van der Waals surface area (Å²) in [5.41, 5.74) is 0.388. The van der Waals surface area contributed by atoms with Gasteiger partial charge < -0.3 is 9.47 Å². The number of hydrogen-bond donors (Lipinski definition) is 0. The van der Waals surface area contributed by atoms with E-state index < -0.39 is 0 Å². The van der Waals surface area contributed by atoms with Crippen molar-refractivity contribution in [2.75, 3.05) is 13.2 Å². The minimum Gasteiger partial charge on any atom is -0.350 e. The fraction of sp³-hybridized carbons (Fsp3) is 1.00. The highest BCUT2D eigenvalue weighted by molar-refractivity contribution is 5.07. The van der Waals surface area contributed by atoms with Crippen LogP contribution in [-0.2, 0) is 9.47 Å². The predicted molar refractivity (Wildman–Crippen MR) is 63.2 cm³/mol. The van der Waals surface area contributed by atoms with Crippen molar-refractivity contribution in [1.29, 1.82) is 0 Å². The van der Waals surface area contributed by atoms with Crippen LogP contribution in [0.2, 0.25) is 0 Å². The summed E-state index contributed by atoms with van der Waals surface area (Å²) in [5.74, 6) is 0.695. The van der Waals surface area contributed by atoms with Gasteiger partial charge in [-0.3, -0.25) is 0 Å². The standard InChI is InChI=1S/C14H24O2/c1-2-15-14-9-5-8-13(14,10-11-16-14)12-6-3-4-7-12/h12H,2-11H2,1H3. The molecule has 2 unspecified atom stereocenters. The molecule has 0 N–H and O–H groups in total. The van der Waals surface area contributed by atoms with Gasteiger partial charge in [0, 0.05) is 18.4 Å². The van der Waals surface area contributed by atoms with Gasteiger partial charge in [0.1, 0.15) is 0 Å². The van der Waals surface area contributed by atoms with Crippen molar-refractivity contribution in [3.8, 4) is 0 Å². The number of hydrogen-bond acceptors (Lipinski definition) is 2. The van der Waals surface area contributed by atoms with E-state index >= 15 is 0 Å². The van der Waals surface area contributed by atoms with Crippen molar-refractivity contribution in [3.63, 3.8) is 0 Å². The van der Waals surface area contributed by atoms with Crippen LogP contribution >= 0.6 is 0 Å². The van der Waals surface area contributed by atoms with Gasteiger partial charge in [-0.25, -0.2) is 0 Å². The lowest BCUT2D eigenvalue weighted by Gasteiger charge is -2.43. The van der Waals surface area contributed by atoms with Crippen molar-refractivity contribution in [3.05, 3.63) is 0 Å². The molecule has 1 aliphatic heterocycles. The average Bonchev–Trinajstić information content (AvgIpc) is 2.88. The van der Waals surface area contributed by atoms with E-state index in [-0.39, 0.29) is 5.79 Å². The molecule has 1 heterocycles. The van der Waals surface area contributed by atoms with E-state index in [2.05, 4.69) is 6.92 Å². The molecule has 1 saturated heterocycles. The van der Waals surface area contributed by atoms with Crippen LogP contribution in [-0.4, -0.2) is 19.0 Å². The Hall–Kier alpha value is -0.0800. The highest BCUT2D eigenvalue weighted by Crippen LogP contribution is 2.62. The predicted octanol–water partition coefficient (Wildman–Crippen LogP) is 3.50. The van der Waals surface area contributed by atoms with Gasteiger partial charge in [-0.1, -0.05) is 12.8 Å². The first-order valence-corrected chi connectivity index (χ1v) is 7.11. The lowest BCUT2D eigenvalue weighted by atomic mass is 9.69. The maximum absolute atomic E-state index is 6.11. The molecule has 0 aromatic carbocycles. The molecule has 16 heavy (non-hydrogen) atoms. The van der Waals surface area contributed by atoms with Gasteiger partial charge in [0.15, 0.2) is 5.79 Å². The zero-order chi connectivity index (χ0) is 11.1. The molecular formula is C14H24O2. The molecule has 3 rings (SSSR count). The Kier molecular flexibility index (Phi) is 2.75. The van der Waals surface area contributed by atoms with E-state index in [1.807, 2.05) is 0 Å². The van der Waals surface area contributed by atoms with E-state index in [9.17, 15) is 0 Å². The van der Waals surface area contributed by atoms with Gasteiger partial charge in [-0.05, 0) is 44.9 Å². The van der Waals surface area contributed by atoms with Gasteiger partial charge in [-0.2, -0.15) is 0 Å². The molecule has 0 bridgehead atoms. The van der Waals surface area contributed by atoms with Crippen LogP contribution in [0.5, 0.6) is 0 Å². The van der Waals surface area contributed by atoms with Crippen molar-refractivity contribution < 1.29 is 9.47 Å². The zero-order valence-corrected chi connectivity index (χ0v) is 10.5. The molecule has 2 nitrogen and oxygen atoms in total. The first kappa shape index (κ1) is 11.0. The van der Waals surface area contributed by atoms with Crippen LogP contribution in [0.3, 0.4) is 0 Å². The summed E-state index contributed by atoms with van der Waals surface area (Å²) in [7, 11) is 0. The number of ether oxygens (including phenoxy) is 2. The largest absolute Gasteiger partial charge is 0.350 e. The molecule has 2 atom stereocenters. The van der Waals surface area contributed by atoms with Crippen molar-refractivity contribution >= 4 is 0 Å². The van der Waals surface area contributed by atoms with Crippen molar-refractivity contribution in [1.82, 2.24) is 0 Å². The van der Waals surface area contributed by atoms with Crippen LogP contribution in [0.25, 0.3) is 0 Å². The third-order valence-electron chi connectivity index (χ3n) is 5.28. The van der Waals surface area contributed by atoms with Crippen LogP contribution < -0.4 is 0 Å². The summed E-state index contributed by atoms with van der Waals surface area (Å²) < 4.78 is 12.2. The summed E-state index contributed by atoms with van der Waals surface area (Å²) in [6.45, 7) is 3.83. The van der Waals surface area contributed by atoms with E-state index in [0.717, 1.165) is 25.6 Å². The van der Waals surface area contributed by atoms with Crippen LogP contribution in [0.1, 0.15) is 58.3 Å². The van der Waals surface area contributed by atoms with Crippen LogP contribution in [0.15, 0.2) is 0 Å². The van der Waals surface area contributed by atoms with Gasteiger partial charge in [0.05, 0.1) is 6.61 Å². The smallest absolute Gasteiger partial charge is 0.174 e. The van der Waals surface area contributed by atoms with Gasteiger partial charge in [-0.15, -0.1) is 0 Å². The normalized spacial score (nSPS) is 44.1. The summed E-state index contributed by atoms with van der Waals surface area (Å²) in [6.07, 6.45) is 10.7. The van der Waals surface area contributed by atoms with E-state index in [0.29, 0.717) is 5.41 Å². The fourth-order valence-corrected chi connectivity index (χ4v) is 4.69. The Morgan fingerprint density at radius 3 is 2.69 bits per heavy atom. The van der Waals surface area contributed by atoms with Crippen molar-refractivity contribution in [2.45, 2.75) is 64.1 Å². The number of rotatable bonds is 3. The molecule has 92 valence electrons. The monoisotopic (exact) mass is 224 g/mol. The Bertz CT molecular complexity index is 245. The molecule has 3 fully saturated rings. The van der Waals surface area contributed by atoms with E-state index in [1.54, 1.807) is 0 Å². The second-order valence-corrected chi connectivity index (χ2v) is 5.78. The third-order valence-corrected chi connectivity index (χ3v) is 5.28. The van der Waals surface area contributed by atoms with Gasteiger partial charge in [0.2, 0.25) is 0 Å². The molecule has 0 amide bonds. The minimum absolute atomic E-state index is 0.184. The molecule has 2 heteroatoms. The Morgan fingerprint density at radius 1 is 1.12 bits per heavy atom. The zero-order valence-electron chi connectivity index (χ0n) is 10.5. The Labute approximate surface area is 98.7 Å². The Balaban J connectivity index is 1.90. The maximum atomic E-state index is 6.11. The molecule has 0 radical (unpaired) electrons. The molecule has 3 aliphatic rings. The minimum atomic E-state index is -0.184. The average molecular weight is 224 g/mol. The van der Waals surface area contributed by atoms with Crippen molar-refractivity contribution in [2.24, 2.45) is 11.3 Å². The highest BCUT2D eigenvalue weighted by atomic mass is 16.7. The Morgan fingerprint density at radius 2 is 1.94 bits per heavy atom. The SMILES string of the molecule is CCOC12CCCC1(C1CCCC1)CCO2. The van der Waals surface area contributed by atoms with E-state index in [1.165, 1.54) is 44.9 Å². The van der Waals surface area contributed by atoms with E-state index in [4.69, 9.17) is 9.47 Å². The molecular weight excluding hydrogens is 200 g/mol. The number of fused-ring (bicyclic) bond motifs is 1. The first-order chi connectivity index (χ1) is 7.83. The summed E-state index contributed by atoms with van der Waals surface area (Å²) in [5, 5.41) is 0. The summed E-state index contributed by atoms with van der Waals surface area (Å²) in [4.78, 5) is 0. The first-order valence-electron chi connectivity index (χ1n) is 7.11. The molecule has 0 aromatic rings. The second kappa shape index (κ2) is 3.99. The molecule has 0 aromatic heterocycles. The molecule has 2 aliphatic carbocycles. The van der Waals surface area contributed by atoms with Crippen LogP contribution in [0.4, 0.5) is 0 Å². The summed E-state index contributed by atoms with van der Waals surface area (Å²) >= 11 is 0. The van der Waals surface area contributed by atoms with Gasteiger partial charge in [0.25, 0.3) is 0 Å². The molecule has 2 saturated carbocycles. The van der Waals surface area contributed by atoms with Gasteiger partial charge >= 0.3 is 0 Å².